The summed E-state index contributed by atoms with van der Waals surface area (Å²) in [6.07, 6.45) is -4.49. The van der Waals surface area contributed by atoms with Crippen LogP contribution in [0.25, 0.3) is 0 Å². The molecule has 0 spiro atoms. The van der Waals surface area contributed by atoms with Gasteiger partial charge in [-0.05, 0) is 52.8 Å². The largest absolute Gasteiger partial charge is 0.390 e. The zero-order chi connectivity index (χ0) is 24.2. The third kappa shape index (κ3) is 4.56. The van der Waals surface area contributed by atoms with E-state index in [-0.39, 0.29) is 17.3 Å². The first-order chi connectivity index (χ1) is 13.7. The van der Waals surface area contributed by atoms with Crippen LogP contribution in [0.2, 0.25) is 0 Å². The van der Waals surface area contributed by atoms with Gasteiger partial charge < -0.3 is 21.5 Å². The molecular weight excluding hydrogens is 306 g/mol. The van der Waals surface area contributed by atoms with Crippen molar-refractivity contribution in [2.75, 3.05) is 10.6 Å². The molecule has 1 heterocycles. The molecule has 0 bridgehead atoms. The summed E-state index contributed by atoms with van der Waals surface area (Å²) in [7, 11) is 0. The molecule has 3 atom stereocenters. The van der Waals surface area contributed by atoms with Crippen LogP contribution in [0.15, 0.2) is 6.20 Å². The minimum absolute atomic E-state index is 0.117. The molecule has 1 aromatic heterocycles. The Labute approximate surface area is 153 Å². The lowest BCUT2D eigenvalue weighted by molar-refractivity contribution is -0.0277. The normalized spacial score (nSPS) is 36.6. The lowest BCUT2D eigenvalue weighted by Crippen LogP contribution is -2.44. The van der Waals surface area contributed by atoms with Crippen LogP contribution in [-0.2, 0) is 0 Å². The Balaban J connectivity index is 2.53. The lowest BCUT2D eigenvalue weighted by Gasteiger charge is -2.39. The highest BCUT2D eigenvalue weighted by Gasteiger charge is 2.36. The maximum absolute atomic E-state index is 11.8. The molecule has 134 valence electrons. The Bertz CT molecular complexity index is 852. The van der Waals surface area contributed by atoms with E-state index in [1.54, 1.807) is 0 Å². The van der Waals surface area contributed by atoms with Crippen LogP contribution in [0.4, 0.5) is 11.8 Å². The summed E-state index contributed by atoms with van der Waals surface area (Å²) in [6.45, 7) is 3.59. The fourth-order valence-corrected chi connectivity index (χ4v) is 2.24. The van der Waals surface area contributed by atoms with Crippen molar-refractivity contribution in [1.29, 1.82) is 0 Å². The number of rotatable bonds is 4. The first-order valence-electron chi connectivity index (χ1n) is 11.1. The van der Waals surface area contributed by atoms with Crippen LogP contribution in [0.1, 0.15) is 73.7 Å². The standard InChI is InChI=1S/C17H29N5O2/c1-10-6-7-11(8-17(10,5)24)20-14-12(13(18)23)9-19-15(21-14)22-16(2,3)4/h9-11,24H,6-8H2,1-5H3,(H2,18,23)(H2,19,20,21,22)/t10-,11-,17-/m1/s1/i1D3,6D2,8D2. The first kappa shape index (κ1) is 10.9. The minimum Gasteiger partial charge on any atom is -0.390 e. The van der Waals surface area contributed by atoms with Crippen molar-refractivity contribution in [2.45, 2.75) is 70.9 Å². The number of aromatic nitrogens is 2. The summed E-state index contributed by atoms with van der Waals surface area (Å²) >= 11 is 0. The van der Waals surface area contributed by atoms with Crippen LogP contribution < -0.4 is 16.4 Å². The number of carbonyl (C=O) groups excluding carboxylic acids is 1. The van der Waals surface area contributed by atoms with Gasteiger partial charge in [0.25, 0.3) is 5.91 Å². The topological polar surface area (TPSA) is 113 Å². The van der Waals surface area contributed by atoms with Gasteiger partial charge in [0.15, 0.2) is 0 Å². The highest BCUT2D eigenvalue weighted by molar-refractivity contribution is 5.97. The average molecular weight is 342 g/mol. The molecule has 7 heteroatoms. The Hall–Kier alpha value is -1.89. The van der Waals surface area contributed by atoms with Gasteiger partial charge in [-0.3, -0.25) is 4.79 Å². The van der Waals surface area contributed by atoms with Crippen LogP contribution in [0.3, 0.4) is 0 Å². The Morgan fingerprint density at radius 3 is 2.88 bits per heavy atom. The molecular formula is C17H29N5O2. The summed E-state index contributed by atoms with van der Waals surface area (Å²) in [4.78, 5) is 20.1. The number of hydrogen-bond acceptors (Lipinski definition) is 6. The van der Waals surface area contributed by atoms with Gasteiger partial charge in [0, 0.05) is 27.4 Å². The van der Waals surface area contributed by atoms with Crippen LogP contribution in [0.5, 0.6) is 0 Å². The van der Waals surface area contributed by atoms with Crippen molar-refractivity contribution in [2.24, 2.45) is 11.7 Å². The van der Waals surface area contributed by atoms with Crippen LogP contribution >= 0.6 is 0 Å². The molecule has 2 rings (SSSR count). The van der Waals surface area contributed by atoms with E-state index in [0.29, 0.717) is 0 Å². The number of carbonyl (C=O) groups is 1. The van der Waals surface area contributed by atoms with E-state index in [1.165, 1.54) is 0 Å². The van der Waals surface area contributed by atoms with Gasteiger partial charge in [0.1, 0.15) is 5.82 Å². The highest BCUT2D eigenvalue weighted by Crippen LogP contribution is 2.34. The summed E-state index contributed by atoms with van der Waals surface area (Å²) in [5.41, 5.74) is 2.22. The fraction of sp³-hybridized carbons (Fsp3) is 0.706. The number of nitrogens with two attached hydrogens (primary N) is 1. The molecule has 1 fully saturated rings. The van der Waals surface area contributed by atoms with Gasteiger partial charge in [-0.25, -0.2) is 4.98 Å². The zero-order valence-corrected chi connectivity index (χ0v) is 14.3. The monoisotopic (exact) mass is 342 g/mol. The van der Waals surface area contributed by atoms with E-state index in [0.717, 1.165) is 13.1 Å². The number of nitrogens with one attached hydrogen (secondary N) is 2. The molecule has 0 aliphatic heterocycles. The van der Waals surface area contributed by atoms with Crippen molar-refractivity contribution < 1.29 is 19.5 Å². The molecule has 24 heavy (non-hydrogen) atoms. The summed E-state index contributed by atoms with van der Waals surface area (Å²) < 4.78 is 56.4. The molecule has 0 unspecified atom stereocenters. The van der Waals surface area contributed by atoms with Crippen molar-refractivity contribution in [3.8, 4) is 0 Å². The Kier molecular flexibility index (Phi) is 2.96. The average Bonchev–Trinajstić information content (AvgIpc) is 2.48. The molecule has 1 aromatic rings. The van der Waals surface area contributed by atoms with E-state index in [4.69, 9.17) is 15.3 Å². The Morgan fingerprint density at radius 1 is 1.58 bits per heavy atom. The van der Waals surface area contributed by atoms with Gasteiger partial charge >= 0.3 is 0 Å². The second-order valence-corrected chi connectivity index (χ2v) is 7.03. The molecule has 1 saturated carbocycles. The van der Waals surface area contributed by atoms with Gasteiger partial charge in [0.05, 0.1) is 11.2 Å². The van der Waals surface area contributed by atoms with Crippen LogP contribution in [-0.4, -0.2) is 38.2 Å². The maximum Gasteiger partial charge on any atom is 0.254 e. The predicted molar refractivity (Wildman–Crippen MR) is 95.0 cm³/mol. The summed E-state index contributed by atoms with van der Waals surface area (Å²) in [5, 5.41) is 16.6. The SMILES string of the molecule is [2H]C([2H])([2H])[C@@H]1C([2H])([2H])C[C@@H](Nc2nc(NC(C)(C)C)ncc2C(N)=O)C([2H])([2H])[C@@]1(C)O. The molecule has 0 aromatic carbocycles. The molecule has 5 N–H and O–H groups in total. The van der Waals surface area contributed by atoms with E-state index >= 15 is 0 Å². The molecule has 0 radical (unpaired) electrons. The molecule has 1 amide bonds. The van der Waals surface area contributed by atoms with E-state index < -0.39 is 55.0 Å². The quantitative estimate of drug-likeness (QED) is 0.667. The summed E-state index contributed by atoms with van der Waals surface area (Å²) in [5.74, 6) is -2.90. The maximum atomic E-state index is 11.8. The number of aliphatic hydroxyl groups is 1. The second kappa shape index (κ2) is 6.55. The van der Waals surface area contributed by atoms with Crippen molar-refractivity contribution in [3.05, 3.63) is 11.8 Å². The van der Waals surface area contributed by atoms with Gasteiger partial charge in [-0.2, -0.15) is 4.98 Å². The minimum atomic E-state index is -2.94. The van der Waals surface area contributed by atoms with Crippen molar-refractivity contribution in [3.63, 3.8) is 0 Å². The van der Waals surface area contributed by atoms with Gasteiger partial charge in [-0.1, -0.05) is 6.85 Å². The predicted octanol–water partition coefficient (Wildman–Crippen LogP) is 2.14. The lowest BCUT2D eigenvalue weighted by atomic mass is 9.75. The van der Waals surface area contributed by atoms with Crippen LogP contribution in [0, 0.1) is 5.92 Å². The van der Waals surface area contributed by atoms with Gasteiger partial charge in [0.2, 0.25) is 5.95 Å². The smallest absolute Gasteiger partial charge is 0.254 e. The second-order valence-electron chi connectivity index (χ2n) is 7.03. The highest BCUT2D eigenvalue weighted by atomic mass is 16.3. The molecule has 1 aliphatic rings. The third-order valence-corrected chi connectivity index (χ3v) is 3.41. The van der Waals surface area contributed by atoms with Gasteiger partial charge in [-0.15, -0.1) is 0 Å². The molecule has 1 aliphatic carbocycles. The first-order valence-corrected chi connectivity index (χ1v) is 7.64. The third-order valence-electron chi connectivity index (χ3n) is 3.41. The number of nitrogens with zero attached hydrogens (tertiary/aromatic N) is 2. The van der Waals surface area contributed by atoms with E-state index in [2.05, 4.69) is 20.6 Å². The number of amides is 1. The Morgan fingerprint density at radius 2 is 2.29 bits per heavy atom. The van der Waals surface area contributed by atoms with E-state index in [9.17, 15) is 9.90 Å². The fourth-order valence-electron chi connectivity index (χ4n) is 2.24. The molecule has 0 saturated heterocycles. The number of primary amides is 1. The zero-order valence-electron chi connectivity index (χ0n) is 21.3. The number of anilines is 2. The van der Waals surface area contributed by atoms with Crippen molar-refractivity contribution >= 4 is 17.7 Å². The van der Waals surface area contributed by atoms with Crippen molar-refractivity contribution in [1.82, 2.24) is 9.97 Å². The molecule has 7 nitrogen and oxygen atoms in total. The number of hydrogen-bond donors (Lipinski definition) is 4. The summed E-state index contributed by atoms with van der Waals surface area (Å²) in [6, 6.07) is -1.42. The van der Waals surface area contributed by atoms with E-state index in [1.807, 2.05) is 20.8 Å².